The maximum atomic E-state index is 12.1. The van der Waals surface area contributed by atoms with Crippen LogP contribution in [0.25, 0.3) is 0 Å². The molecule has 0 spiro atoms. The molecule has 0 saturated carbocycles. The van der Waals surface area contributed by atoms with Crippen molar-refractivity contribution in [1.29, 1.82) is 0 Å². The molecule has 2 amide bonds. The minimum absolute atomic E-state index is 0.219. The summed E-state index contributed by atoms with van der Waals surface area (Å²) in [4.78, 5) is 23.8. The maximum Gasteiger partial charge on any atom is 0.276 e. The Hall–Kier alpha value is -2.73. The highest BCUT2D eigenvalue weighted by Crippen LogP contribution is 2.22. The van der Waals surface area contributed by atoms with Gasteiger partial charge in [0.15, 0.2) is 6.61 Å². The Morgan fingerprint density at radius 1 is 1.08 bits per heavy atom. The molecule has 0 aliphatic carbocycles. The summed E-state index contributed by atoms with van der Waals surface area (Å²) in [6, 6.07) is 11.9. The van der Waals surface area contributed by atoms with Crippen LogP contribution >= 0.6 is 11.6 Å². The topological polar surface area (TPSA) is 76.7 Å². The van der Waals surface area contributed by atoms with Gasteiger partial charge in [0.05, 0.1) is 12.7 Å². The van der Waals surface area contributed by atoms with Crippen LogP contribution in [0.3, 0.4) is 0 Å². The fourth-order valence-corrected chi connectivity index (χ4v) is 2.11. The number of hydrazine groups is 1. The van der Waals surface area contributed by atoms with E-state index in [1.807, 2.05) is 25.1 Å². The highest BCUT2D eigenvalue weighted by Gasteiger charge is 2.13. The number of para-hydroxylation sites is 1. The number of carbonyl (C=O) groups is 2. The largest absolute Gasteiger partial charge is 0.496 e. The zero-order valence-electron chi connectivity index (χ0n) is 13.3. The summed E-state index contributed by atoms with van der Waals surface area (Å²) in [7, 11) is 1.43. The van der Waals surface area contributed by atoms with Crippen LogP contribution in [0, 0.1) is 6.92 Å². The number of hydrogen-bond donors (Lipinski definition) is 2. The molecule has 24 heavy (non-hydrogen) atoms. The number of carbonyl (C=O) groups excluding carboxylic acids is 2. The summed E-state index contributed by atoms with van der Waals surface area (Å²) in [5.74, 6) is -0.0870. The Balaban J connectivity index is 1.87. The summed E-state index contributed by atoms with van der Waals surface area (Å²) in [6.45, 7) is 1.66. The van der Waals surface area contributed by atoms with Gasteiger partial charge in [0.1, 0.15) is 11.5 Å². The Labute approximate surface area is 144 Å². The van der Waals surface area contributed by atoms with E-state index in [2.05, 4.69) is 10.9 Å². The van der Waals surface area contributed by atoms with Crippen molar-refractivity contribution in [2.24, 2.45) is 0 Å². The van der Waals surface area contributed by atoms with Gasteiger partial charge in [0.25, 0.3) is 11.8 Å². The molecule has 0 aromatic heterocycles. The second-order valence-electron chi connectivity index (χ2n) is 4.90. The van der Waals surface area contributed by atoms with Crippen LogP contribution in [0.15, 0.2) is 42.5 Å². The summed E-state index contributed by atoms with van der Waals surface area (Å²) >= 11 is 5.84. The van der Waals surface area contributed by atoms with Crippen molar-refractivity contribution in [3.05, 3.63) is 58.6 Å². The molecule has 6 nitrogen and oxygen atoms in total. The van der Waals surface area contributed by atoms with Crippen molar-refractivity contribution < 1.29 is 19.1 Å². The van der Waals surface area contributed by atoms with Gasteiger partial charge in [-0.05, 0) is 36.8 Å². The average molecular weight is 349 g/mol. The number of amides is 2. The highest BCUT2D eigenvalue weighted by atomic mass is 35.5. The van der Waals surface area contributed by atoms with Crippen LogP contribution in [0.5, 0.6) is 11.5 Å². The predicted octanol–water partition coefficient (Wildman–Crippen LogP) is 2.50. The van der Waals surface area contributed by atoms with E-state index in [-0.39, 0.29) is 12.2 Å². The molecule has 2 aromatic rings. The fraction of sp³-hybridized carbons (Fsp3) is 0.176. The van der Waals surface area contributed by atoms with Crippen LogP contribution in [0.1, 0.15) is 15.9 Å². The molecule has 2 N–H and O–H groups in total. The molecule has 0 fully saturated rings. The van der Waals surface area contributed by atoms with E-state index in [9.17, 15) is 9.59 Å². The molecule has 0 bridgehead atoms. The van der Waals surface area contributed by atoms with Gasteiger partial charge in [-0.15, -0.1) is 0 Å². The number of aryl methyl sites for hydroxylation is 1. The first-order chi connectivity index (χ1) is 11.5. The number of rotatable bonds is 5. The van der Waals surface area contributed by atoms with Gasteiger partial charge in [-0.25, -0.2) is 0 Å². The number of methoxy groups -OCH3 is 1. The van der Waals surface area contributed by atoms with E-state index < -0.39 is 11.8 Å². The lowest BCUT2D eigenvalue weighted by atomic mass is 10.2. The number of ether oxygens (including phenoxy) is 2. The molecule has 0 atom stereocenters. The molecule has 0 unspecified atom stereocenters. The minimum Gasteiger partial charge on any atom is -0.496 e. The normalized spacial score (nSPS) is 9.96. The first-order valence-electron chi connectivity index (χ1n) is 7.12. The van der Waals surface area contributed by atoms with E-state index in [4.69, 9.17) is 21.1 Å². The predicted molar refractivity (Wildman–Crippen MR) is 90.3 cm³/mol. The Morgan fingerprint density at radius 3 is 2.54 bits per heavy atom. The van der Waals surface area contributed by atoms with Crippen molar-refractivity contribution in [2.45, 2.75) is 6.92 Å². The van der Waals surface area contributed by atoms with Gasteiger partial charge in [-0.3, -0.25) is 20.4 Å². The second kappa shape index (κ2) is 8.21. The van der Waals surface area contributed by atoms with Crippen molar-refractivity contribution in [2.75, 3.05) is 13.7 Å². The van der Waals surface area contributed by atoms with Crippen LogP contribution < -0.4 is 20.3 Å². The van der Waals surface area contributed by atoms with Crippen LogP contribution in [0.4, 0.5) is 0 Å². The van der Waals surface area contributed by atoms with Gasteiger partial charge in [-0.2, -0.15) is 0 Å². The standard InChI is InChI=1S/C17H17ClN2O4/c1-11-5-3-4-6-14(11)24-10-16(21)19-20-17(22)13-8-7-12(18)9-15(13)23-2/h3-9H,10H2,1-2H3,(H,19,21)(H,20,22). The van der Waals surface area contributed by atoms with E-state index in [1.54, 1.807) is 12.1 Å². The summed E-state index contributed by atoms with van der Waals surface area (Å²) in [5, 5.41) is 0.444. The molecule has 2 rings (SSSR count). The third kappa shape index (κ3) is 4.63. The molecule has 0 heterocycles. The van der Waals surface area contributed by atoms with Crippen molar-refractivity contribution in [3.8, 4) is 11.5 Å². The lowest BCUT2D eigenvalue weighted by Crippen LogP contribution is -2.43. The Bertz CT molecular complexity index is 749. The lowest BCUT2D eigenvalue weighted by molar-refractivity contribution is -0.123. The smallest absolute Gasteiger partial charge is 0.276 e. The van der Waals surface area contributed by atoms with Gasteiger partial charge in [0.2, 0.25) is 0 Å². The molecule has 0 aliphatic heterocycles. The number of hydrogen-bond acceptors (Lipinski definition) is 4. The van der Waals surface area contributed by atoms with Crippen molar-refractivity contribution >= 4 is 23.4 Å². The Kier molecular flexibility index (Phi) is 6.03. The molecule has 2 aromatic carbocycles. The van der Waals surface area contributed by atoms with Gasteiger partial charge >= 0.3 is 0 Å². The molecule has 7 heteroatoms. The van der Waals surface area contributed by atoms with Crippen molar-refractivity contribution in [1.82, 2.24) is 10.9 Å². The summed E-state index contributed by atoms with van der Waals surface area (Å²) in [5.41, 5.74) is 5.76. The second-order valence-corrected chi connectivity index (χ2v) is 5.34. The highest BCUT2D eigenvalue weighted by molar-refractivity contribution is 6.30. The van der Waals surface area contributed by atoms with Crippen LogP contribution in [0.2, 0.25) is 5.02 Å². The molecule has 0 radical (unpaired) electrons. The molecule has 126 valence electrons. The monoisotopic (exact) mass is 348 g/mol. The molecular formula is C17H17ClN2O4. The third-order valence-electron chi connectivity index (χ3n) is 3.18. The van der Waals surface area contributed by atoms with E-state index in [1.165, 1.54) is 19.2 Å². The maximum absolute atomic E-state index is 12.1. The lowest BCUT2D eigenvalue weighted by Gasteiger charge is -2.12. The SMILES string of the molecule is COc1cc(Cl)ccc1C(=O)NNC(=O)COc1ccccc1C. The Morgan fingerprint density at radius 2 is 1.83 bits per heavy atom. The number of benzene rings is 2. The molecule has 0 saturated heterocycles. The first kappa shape index (κ1) is 17.6. The quantitative estimate of drug-likeness (QED) is 0.814. The minimum atomic E-state index is -0.521. The average Bonchev–Trinajstić information content (AvgIpc) is 2.58. The van der Waals surface area contributed by atoms with Gasteiger partial charge < -0.3 is 9.47 Å². The van der Waals surface area contributed by atoms with Crippen molar-refractivity contribution in [3.63, 3.8) is 0 Å². The zero-order chi connectivity index (χ0) is 17.5. The third-order valence-corrected chi connectivity index (χ3v) is 3.41. The van der Waals surface area contributed by atoms with Crippen LogP contribution in [-0.4, -0.2) is 25.5 Å². The summed E-state index contributed by atoms with van der Waals surface area (Å²) in [6.07, 6.45) is 0. The fourth-order valence-electron chi connectivity index (χ4n) is 1.94. The molecular weight excluding hydrogens is 332 g/mol. The summed E-state index contributed by atoms with van der Waals surface area (Å²) < 4.78 is 10.5. The van der Waals surface area contributed by atoms with E-state index >= 15 is 0 Å². The van der Waals surface area contributed by atoms with Gasteiger partial charge in [0, 0.05) is 5.02 Å². The number of halogens is 1. The van der Waals surface area contributed by atoms with Crippen LogP contribution in [-0.2, 0) is 4.79 Å². The van der Waals surface area contributed by atoms with E-state index in [0.29, 0.717) is 16.5 Å². The number of nitrogens with one attached hydrogen (secondary N) is 2. The van der Waals surface area contributed by atoms with E-state index in [0.717, 1.165) is 5.56 Å². The zero-order valence-corrected chi connectivity index (χ0v) is 14.0. The molecule has 0 aliphatic rings. The van der Waals surface area contributed by atoms with Gasteiger partial charge in [-0.1, -0.05) is 29.8 Å². The first-order valence-corrected chi connectivity index (χ1v) is 7.50.